The monoisotopic (exact) mass is 240 g/mol. The van der Waals surface area contributed by atoms with Crippen LogP contribution in [0.2, 0.25) is 0 Å². The minimum Gasteiger partial charge on any atom is -0.481 e. The van der Waals surface area contributed by atoms with Crippen LogP contribution in [0, 0.1) is 11.3 Å². The summed E-state index contributed by atoms with van der Waals surface area (Å²) in [6.45, 7) is 2.45. The van der Waals surface area contributed by atoms with Crippen LogP contribution in [0.1, 0.15) is 33.1 Å². The summed E-state index contributed by atoms with van der Waals surface area (Å²) in [5.41, 5.74) is -4.45. The third-order valence-electron chi connectivity index (χ3n) is 3.54. The number of carboxylic acids is 1. The number of carboxylic acid groups (broad SMARTS) is 1. The average molecular weight is 240 g/mol. The van der Waals surface area contributed by atoms with E-state index in [1.807, 2.05) is 0 Å². The van der Waals surface area contributed by atoms with Crippen molar-refractivity contribution in [2.45, 2.75) is 44.9 Å². The Kier molecular flexibility index (Phi) is 3.00. The molecule has 0 aromatic heterocycles. The molecule has 2 atom stereocenters. The molecule has 1 aliphatic carbocycles. The molecule has 0 bridgehead atoms. The lowest BCUT2D eigenvalue weighted by atomic mass is 9.70. The van der Waals surface area contributed by atoms with Gasteiger partial charge in [-0.05, 0) is 33.1 Å². The summed E-state index contributed by atoms with van der Waals surface area (Å²) in [4.78, 5) is 10.9. The summed E-state index contributed by atoms with van der Waals surface area (Å²) < 4.78 is 38.2. The van der Waals surface area contributed by atoms with E-state index < -0.39 is 35.5 Å². The van der Waals surface area contributed by atoms with Crippen molar-refractivity contribution < 1.29 is 28.2 Å². The van der Waals surface area contributed by atoms with E-state index in [1.54, 1.807) is 0 Å². The van der Waals surface area contributed by atoms with Gasteiger partial charge in [0, 0.05) is 5.92 Å². The summed E-state index contributed by atoms with van der Waals surface area (Å²) in [6.07, 6.45) is -4.93. The fraction of sp³-hybridized carbons (Fsp3) is 0.900. The molecule has 1 saturated carbocycles. The van der Waals surface area contributed by atoms with Gasteiger partial charge in [-0.3, -0.25) is 4.79 Å². The standard InChI is InChI=1S/C10H15F3O3/c1-8(2,7(14)15)6-4-3-5-9(6,16)10(11,12)13/h6,16H,3-5H2,1-2H3,(H,14,15). The van der Waals surface area contributed by atoms with Gasteiger partial charge in [0.2, 0.25) is 0 Å². The molecule has 0 heterocycles. The molecule has 1 fully saturated rings. The number of aliphatic carboxylic acids is 1. The lowest BCUT2D eigenvalue weighted by molar-refractivity contribution is -0.282. The van der Waals surface area contributed by atoms with Gasteiger partial charge in [-0.1, -0.05) is 0 Å². The lowest BCUT2D eigenvalue weighted by Crippen LogP contribution is -2.54. The normalized spacial score (nSPS) is 31.8. The Hall–Kier alpha value is -0.780. The highest BCUT2D eigenvalue weighted by molar-refractivity contribution is 5.74. The van der Waals surface area contributed by atoms with E-state index in [2.05, 4.69) is 0 Å². The number of hydrogen-bond acceptors (Lipinski definition) is 2. The van der Waals surface area contributed by atoms with Crippen molar-refractivity contribution in [2.24, 2.45) is 11.3 Å². The van der Waals surface area contributed by atoms with Gasteiger partial charge >= 0.3 is 12.1 Å². The first-order chi connectivity index (χ1) is 7.03. The van der Waals surface area contributed by atoms with E-state index >= 15 is 0 Å². The van der Waals surface area contributed by atoms with Crippen LogP contribution in [0.5, 0.6) is 0 Å². The topological polar surface area (TPSA) is 57.5 Å². The zero-order valence-corrected chi connectivity index (χ0v) is 9.14. The lowest BCUT2D eigenvalue weighted by Gasteiger charge is -2.39. The Morgan fingerprint density at radius 3 is 2.25 bits per heavy atom. The van der Waals surface area contributed by atoms with Crippen LogP contribution >= 0.6 is 0 Å². The molecular formula is C10H15F3O3. The van der Waals surface area contributed by atoms with E-state index in [0.29, 0.717) is 0 Å². The van der Waals surface area contributed by atoms with Crippen molar-refractivity contribution in [1.29, 1.82) is 0 Å². The highest BCUT2D eigenvalue weighted by Gasteiger charge is 2.65. The van der Waals surface area contributed by atoms with Crippen molar-refractivity contribution >= 4 is 5.97 Å². The molecular weight excluding hydrogens is 225 g/mol. The highest BCUT2D eigenvalue weighted by atomic mass is 19.4. The molecule has 0 amide bonds. The van der Waals surface area contributed by atoms with Crippen LogP contribution in [0.25, 0.3) is 0 Å². The zero-order valence-electron chi connectivity index (χ0n) is 9.14. The van der Waals surface area contributed by atoms with Crippen LogP contribution in [-0.2, 0) is 4.79 Å². The van der Waals surface area contributed by atoms with Gasteiger partial charge in [-0.25, -0.2) is 0 Å². The Morgan fingerprint density at radius 2 is 1.88 bits per heavy atom. The van der Waals surface area contributed by atoms with Gasteiger partial charge in [-0.15, -0.1) is 0 Å². The summed E-state index contributed by atoms with van der Waals surface area (Å²) in [5, 5.41) is 18.6. The maximum atomic E-state index is 12.7. The molecule has 0 spiro atoms. The number of alkyl halides is 3. The quantitative estimate of drug-likeness (QED) is 0.777. The smallest absolute Gasteiger partial charge is 0.417 e. The van der Waals surface area contributed by atoms with E-state index in [9.17, 15) is 23.1 Å². The Balaban J connectivity index is 3.11. The molecule has 0 saturated heterocycles. The summed E-state index contributed by atoms with van der Waals surface area (Å²) >= 11 is 0. The first-order valence-corrected chi connectivity index (χ1v) is 5.06. The minimum atomic E-state index is -4.78. The Morgan fingerprint density at radius 1 is 1.38 bits per heavy atom. The van der Waals surface area contributed by atoms with Crippen LogP contribution in [0.3, 0.4) is 0 Å². The third kappa shape index (κ3) is 1.79. The third-order valence-corrected chi connectivity index (χ3v) is 3.54. The first-order valence-electron chi connectivity index (χ1n) is 5.06. The van der Waals surface area contributed by atoms with Crippen LogP contribution in [0.4, 0.5) is 13.2 Å². The summed E-state index contributed by atoms with van der Waals surface area (Å²) in [5.74, 6) is -2.61. The van der Waals surface area contributed by atoms with Gasteiger partial charge in [-0.2, -0.15) is 13.2 Å². The summed E-state index contributed by atoms with van der Waals surface area (Å²) in [7, 11) is 0. The Bertz CT molecular complexity index is 298. The average Bonchev–Trinajstić information content (AvgIpc) is 2.47. The van der Waals surface area contributed by atoms with E-state index in [4.69, 9.17) is 5.11 Å². The molecule has 0 aliphatic heterocycles. The van der Waals surface area contributed by atoms with Crippen molar-refractivity contribution in [2.75, 3.05) is 0 Å². The molecule has 1 aliphatic rings. The van der Waals surface area contributed by atoms with Crippen molar-refractivity contribution in [3.8, 4) is 0 Å². The number of hydrogen-bond donors (Lipinski definition) is 2. The second-order valence-corrected chi connectivity index (χ2v) is 4.89. The van der Waals surface area contributed by atoms with Crippen LogP contribution in [0.15, 0.2) is 0 Å². The molecule has 0 aromatic rings. The van der Waals surface area contributed by atoms with Crippen LogP contribution < -0.4 is 0 Å². The van der Waals surface area contributed by atoms with Gasteiger partial charge in [0.05, 0.1) is 5.41 Å². The minimum absolute atomic E-state index is 0.0787. The fourth-order valence-electron chi connectivity index (χ4n) is 2.43. The maximum absolute atomic E-state index is 12.7. The Labute approximate surface area is 91.3 Å². The van der Waals surface area contributed by atoms with E-state index in [-0.39, 0.29) is 12.8 Å². The van der Waals surface area contributed by atoms with Gasteiger partial charge in [0.25, 0.3) is 0 Å². The predicted molar refractivity (Wildman–Crippen MR) is 49.8 cm³/mol. The summed E-state index contributed by atoms with van der Waals surface area (Å²) in [6, 6.07) is 0. The number of rotatable bonds is 2. The van der Waals surface area contributed by atoms with Crippen molar-refractivity contribution in [3.63, 3.8) is 0 Å². The molecule has 0 radical (unpaired) electrons. The maximum Gasteiger partial charge on any atom is 0.417 e. The van der Waals surface area contributed by atoms with E-state index in [0.717, 1.165) is 0 Å². The number of halogens is 3. The van der Waals surface area contributed by atoms with Crippen molar-refractivity contribution in [1.82, 2.24) is 0 Å². The molecule has 16 heavy (non-hydrogen) atoms. The molecule has 6 heteroatoms. The van der Waals surface area contributed by atoms with Crippen LogP contribution in [-0.4, -0.2) is 28.0 Å². The van der Waals surface area contributed by atoms with Gasteiger partial charge < -0.3 is 10.2 Å². The second-order valence-electron chi connectivity index (χ2n) is 4.89. The fourth-order valence-corrected chi connectivity index (χ4v) is 2.43. The molecule has 1 rings (SSSR count). The second kappa shape index (κ2) is 3.61. The van der Waals surface area contributed by atoms with Gasteiger partial charge in [0.1, 0.15) is 0 Å². The predicted octanol–water partition coefficient (Wildman–Crippen LogP) is 2.19. The molecule has 2 unspecified atom stereocenters. The first kappa shape index (κ1) is 13.3. The van der Waals surface area contributed by atoms with Crippen molar-refractivity contribution in [3.05, 3.63) is 0 Å². The molecule has 94 valence electrons. The molecule has 0 aromatic carbocycles. The molecule has 2 N–H and O–H groups in total. The number of carbonyl (C=O) groups is 1. The molecule has 3 nitrogen and oxygen atoms in total. The van der Waals surface area contributed by atoms with E-state index in [1.165, 1.54) is 13.8 Å². The zero-order chi connectivity index (χ0) is 12.8. The van der Waals surface area contributed by atoms with Gasteiger partial charge in [0.15, 0.2) is 5.60 Å². The SMILES string of the molecule is CC(C)(C(=O)O)C1CCCC1(O)C(F)(F)F. The highest BCUT2D eigenvalue weighted by Crippen LogP contribution is 2.53. The largest absolute Gasteiger partial charge is 0.481 e. The number of aliphatic hydroxyl groups is 1.